The van der Waals surface area contributed by atoms with Gasteiger partial charge in [0.05, 0.1) is 12.1 Å². The molecule has 1 amide bonds. The molecule has 2 aliphatic rings. The molecule has 0 bridgehead atoms. The van der Waals surface area contributed by atoms with Crippen LogP contribution in [-0.4, -0.2) is 54.7 Å². The van der Waals surface area contributed by atoms with Crippen molar-refractivity contribution in [2.75, 3.05) is 26.9 Å². The highest BCUT2D eigenvalue weighted by molar-refractivity contribution is 5.47. The van der Waals surface area contributed by atoms with Crippen molar-refractivity contribution in [1.29, 1.82) is 0 Å². The Hall–Kier alpha value is -0.610. The van der Waals surface area contributed by atoms with E-state index in [1.54, 1.807) is 4.90 Å². The third-order valence-corrected chi connectivity index (χ3v) is 3.52. The van der Waals surface area contributed by atoms with Crippen LogP contribution < -0.4 is 0 Å². The summed E-state index contributed by atoms with van der Waals surface area (Å²) in [6.07, 6.45) is 2.96. The quantitative estimate of drug-likeness (QED) is 0.568. The summed E-state index contributed by atoms with van der Waals surface area (Å²) >= 11 is 0. The molecule has 1 spiro atoms. The van der Waals surface area contributed by atoms with Crippen LogP contribution in [0.3, 0.4) is 0 Å². The lowest BCUT2D eigenvalue weighted by Crippen LogP contribution is -2.49. The zero-order valence-electron chi connectivity index (χ0n) is 8.90. The Balaban J connectivity index is 2.01. The molecule has 2 aliphatic heterocycles. The summed E-state index contributed by atoms with van der Waals surface area (Å²) in [5.74, 6) is 0. The summed E-state index contributed by atoms with van der Waals surface area (Å²) < 4.78 is 5.77. The van der Waals surface area contributed by atoms with E-state index in [1.165, 1.54) is 0 Å². The molecule has 14 heavy (non-hydrogen) atoms. The molecular weight excluding hydrogens is 180 g/mol. The van der Waals surface area contributed by atoms with E-state index in [-0.39, 0.29) is 5.60 Å². The summed E-state index contributed by atoms with van der Waals surface area (Å²) in [4.78, 5) is 14.7. The van der Waals surface area contributed by atoms with E-state index in [2.05, 4.69) is 18.9 Å². The van der Waals surface area contributed by atoms with Gasteiger partial charge in [-0.2, -0.15) is 0 Å². The molecule has 0 aromatic rings. The number of likely N-dealkylation sites (tertiary alicyclic amines) is 1. The monoisotopic (exact) mass is 198 g/mol. The number of carbonyl (C=O) groups is 1. The van der Waals surface area contributed by atoms with Gasteiger partial charge in [0, 0.05) is 12.6 Å². The molecule has 0 saturated carbocycles. The van der Waals surface area contributed by atoms with E-state index >= 15 is 0 Å². The van der Waals surface area contributed by atoms with E-state index in [9.17, 15) is 4.79 Å². The average Bonchev–Trinajstić information content (AvgIpc) is 2.56. The largest absolute Gasteiger partial charge is 0.353 e. The van der Waals surface area contributed by atoms with Crippen LogP contribution in [0.4, 0.5) is 0 Å². The second kappa shape index (κ2) is 3.51. The highest BCUT2D eigenvalue weighted by Gasteiger charge is 2.43. The number of rotatable bonds is 1. The molecule has 0 aliphatic carbocycles. The number of amides is 1. The van der Waals surface area contributed by atoms with Crippen molar-refractivity contribution in [1.82, 2.24) is 9.80 Å². The molecule has 0 N–H and O–H groups in total. The summed E-state index contributed by atoms with van der Waals surface area (Å²) in [5.41, 5.74) is -0.0488. The molecule has 0 aromatic carbocycles. The van der Waals surface area contributed by atoms with Crippen molar-refractivity contribution in [3.63, 3.8) is 0 Å². The van der Waals surface area contributed by atoms with Crippen LogP contribution in [0.1, 0.15) is 19.8 Å². The van der Waals surface area contributed by atoms with Gasteiger partial charge in [0.2, 0.25) is 6.41 Å². The highest BCUT2D eigenvalue weighted by Crippen LogP contribution is 2.33. The van der Waals surface area contributed by atoms with Crippen LogP contribution in [0, 0.1) is 0 Å². The molecular formula is C10H18N2O2. The molecule has 2 heterocycles. The Bertz CT molecular complexity index is 234. The molecule has 80 valence electrons. The van der Waals surface area contributed by atoms with Crippen LogP contribution in [0.2, 0.25) is 0 Å². The normalized spacial score (nSPS) is 39.3. The predicted octanol–water partition coefficient (Wildman–Crippen LogP) is 0.285. The summed E-state index contributed by atoms with van der Waals surface area (Å²) in [7, 11) is 2.14. The van der Waals surface area contributed by atoms with Crippen LogP contribution in [0.15, 0.2) is 0 Å². The molecule has 2 atom stereocenters. The van der Waals surface area contributed by atoms with Gasteiger partial charge in [0.1, 0.15) is 6.73 Å². The van der Waals surface area contributed by atoms with Gasteiger partial charge in [-0.25, -0.2) is 0 Å². The third kappa shape index (κ3) is 1.64. The topological polar surface area (TPSA) is 32.8 Å². The molecule has 2 saturated heterocycles. The number of nitrogens with zero attached hydrogens (tertiary/aromatic N) is 2. The van der Waals surface area contributed by atoms with Crippen molar-refractivity contribution in [2.24, 2.45) is 0 Å². The standard InChI is InChI=1S/C10H18N2O2/c1-9-5-10(3-4-11(9)2)6-12(7-13)8-14-10/h7,9H,3-6,8H2,1-2H3. The van der Waals surface area contributed by atoms with Gasteiger partial charge in [-0.1, -0.05) is 0 Å². The fraction of sp³-hybridized carbons (Fsp3) is 0.900. The summed E-state index contributed by atoms with van der Waals surface area (Å²) in [6.45, 7) is 4.52. The van der Waals surface area contributed by atoms with Crippen molar-refractivity contribution in [2.45, 2.75) is 31.4 Å². The Labute approximate surface area is 84.8 Å². The first-order valence-corrected chi connectivity index (χ1v) is 5.19. The minimum atomic E-state index is -0.0488. The van der Waals surface area contributed by atoms with Gasteiger partial charge in [0.15, 0.2) is 0 Å². The Morgan fingerprint density at radius 3 is 2.93 bits per heavy atom. The SMILES string of the molecule is CC1CC2(CCN1C)CN(C=O)CO2. The fourth-order valence-electron chi connectivity index (χ4n) is 2.42. The van der Waals surface area contributed by atoms with Gasteiger partial charge in [-0.3, -0.25) is 4.79 Å². The van der Waals surface area contributed by atoms with Gasteiger partial charge >= 0.3 is 0 Å². The van der Waals surface area contributed by atoms with Gasteiger partial charge in [-0.15, -0.1) is 0 Å². The van der Waals surface area contributed by atoms with E-state index in [4.69, 9.17) is 4.74 Å². The lowest BCUT2D eigenvalue weighted by Gasteiger charge is -2.40. The van der Waals surface area contributed by atoms with Crippen LogP contribution in [0.25, 0.3) is 0 Å². The Kier molecular flexibility index (Phi) is 2.49. The lowest BCUT2D eigenvalue weighted by molar-refractivity contribution is -0.118. The Morgan fingerprint density at radius 1 is 1.57 bits per heavy atom. The second-order valence-corrected chi connectivity index (χ2v) is 4.59. The summed E-state index contributed by atoms with van der Waals surface area (Å²) in [5, 5.41) is 0. The van der Waals surface area contributed by atoms with E-state index in [0.29, 0.717) is 12.8 Å². The molecule has 2 fully saturated rings. The molecule has 4 nitrogen and oxygen atoms in total. The number of carbonyl (C=O) groups excluding carboxylic acids is 1. The van der Waals surface area contributed by atoms with Gasteiger partial charge in [0.25, 0.3) is 0 Å². The van der Waals surface area contributed by atoms with Crippen LogP contribution in [-0.2, 0) is 9.53 Å². The van der Waals surface area contributed by atoms with Crippen molar-refractivity contribution in [3.8, 4) is 0 Å². The zero-order valence-corrected chi connectivity index (χ0v) is 8.90. The highest BCUT2D eigenvalue weighted by atomic mass is 16.5. The number of hydrogen-bond donors (Lipinski definition) is 0. The van der Waals surface area contributed by atoms with Crippen molar-refractivity contribution >= 4 is 6.41 Å². The number of piperidine rings is 1. The second-order valence-electron chi connectivity index (χ2n) is 4.59. The first-order valence-electron chi connectivity index (χ1n) is 5.19. The first-order chi connectivity index (χ1) is 6.65. The Morgan fingerprint density at radius 2 is 2.36 bits per heavy atom. The zero-order chi connectivity index (χ0) is 10.2. The lowest BCUT2D eigenvalue weighted by atomic mass is 9.87. The average molecular weight is 198 g/mol. The number of ether oxygens (including phenoxy) is 1. The summed E-state index contributed by atoms with van der Waals surface area (Å²) in [6, 6.07) is 0.551. The van der Waals surface area contributed by atoms with Crippen LogP contribution in [0.5, 0.6) is 0 Å². The maximum absolute atomic E-state index is 10.6. The van der Waals surface area contributed by atoms with Gasteiger partial charge < -0.3 is 14.5 Å². The first kappa shape index (κ1) is 9.93. The van der Waals surface area contributed by atoms with Crippen molar-refractivity contribution in [3.05, 3.63) is 0 Å². The number of hydrogen-bond acceptors (Lipinski definition) is 3. The molecule has 2 rings (SSSR count). The molecule has 0 aromatic heterocycles. The molecule has 4 heteroatoms. The van der Waals surface area contributed by atoms with Crippen LogP contribution >= 0.6 is 0 Å². The molecule has 2 unspecified atom stereocenters. The smallest absolute Gasteiger partial charge is 0.211 e. The van der Waals surface area contributed by atoms with E-state index in [1.807, 2.05) is 0 Å². The minimum Gasteiger partial charge on any atom is -0.353 e. The van der Waals surface area contributed by atoms with E-state index in [0.717, 1.165) is 32.3 Å². The third-order valence-electron chi connectivity index (χ3n) is 3.52. The fourth-order valence-corrected chi connectivity index (χ4v) is 2.42. The molecule has 0 radical (unpaired) electrons. The minimum absolute atomic E-state index is 0.0488. The van der Waals surface area contributed by atoms with Crippen molar-refractivity contribution < 1.29 is 9.53 Å². The maximum atomic E-state index is 10.6. The van der Waals surface area contributed by atoms with Gasteiger partial charge in [-0.05, 0) is 26.8 Å². The predicted molar refractivity (Wildman–Crippen MR) is 52.8 cm³/mol. The maximum Gasteiger partial charge on any atom is 0.211 e. The van der Waals surface area contributed by atoms with E-state index < -0.39 is 0 Å².